The Kier molecular flexibility index (Phi) is 3.55. The highest BCUT2D eigenvalue weighted by atomic mass is 19.4. The number of alkyl halides is 3. The molecule has 0 aromatic heterocycles. The van der Waals surface area contributed by atoms with Crippen molar-refractivity contribution in [2.45, 2.75) is 12.8 Å². The largest absolute Gasteiger partial charge is 0.489 e. The molecule has 0 spiro atoms. The Bertz CT molecular complexity index is 489. The van der Waals surface area contributed by atoms with Crippen molar-refractivity contribution >= 4 is 0 Å². The number of ether oxygens (including phenoxy) is 1. The molecule has 1 nitrogen and oxygen atoms in total. The maximum absolute atomic E-state index is 12.3. The Balaban J connectivity index is 1.99. The first kappa shape index (κ1) is 12.5. The second-order valence-electron chi connectivity index (χ2n) is 3.80. The first-order valence-electron chi connectivity index (χ1n) is 5.40. The van der Waals surface area contributed by atoms with Gasteiger partial charge in [-0.2, -0.15) is 13.2 Å². The summed E-state index contributed by atoms with van der Waals surface area (Å²) in [7, 11) is 0. The van der Waals surface area contributed by atoms with Gasteiger partial charge in [-0.25, -0.2) is 0 Å². The Morgan fingerprint density at radius 2 is 1.44 bits per heavy atom. The molecular weight excluding hydrogens is 241 g/mol. The average Bonchev–Trinajstić information content (AvgIpc) is 2.37. The molecule has 0 heterocycles. The van der Waals surface area contributed by atoms with Crippen molar-refractivity contribution in [1.29, 1.82) is 0 Å². The van der Waals surface area contributed by atoms with Gasteiger partial charge in [0.25, 0.3) is 0 Å². The molecule has 0 bridgehead atoms. The van der Waals surface area contributed by atoms with Crippen molar-refractivity contribution in [3.05, 3.63) is 65.7 Å². The summed E-state index contributed by atoms with van der Waals surface area (Å²) in [4.78, 5) is 0. The highest BCUT2D eigenvalue weighted by Crippen LogP contribution is 2.29. The predicted molar refractivity (Wildman–Crippen MR) is 62.2 cm³/mol. The van der Waals surface area contributed by atoms with E-state index < -0.39 is 11.7 Å². The number of hydrogen-bond acceptors (Lipinski definition) is 1. The van der Waals surface area contributed by atoms with Crippen molar-refractivity contribution in [2.24, 2.45) is 0 Å². The van der Waals surface area contributed by atoms with Gasteiger partial charge in [0.05, 0.1) is 5.56 Å². The number of benzene rings is 2. The van der Waals surface area contributed by atoms with Crippen LogP contribution in [0, 0.1) is 0 Å². The molecule has 0 N–H and O–H groups in total. The summed E-state index contributed by atoms with van der Waals surface area (Å²) in [5, 5.41) is 0. The zero-order chi connectivity index (χ0) is 13.0. The molecule has 0 radical (unpaired) electrons. The molecule has 0 aliphatic rings. The standard InChI is InChI=1S/C14H11F3O/c15-14(16,17)12-8-6-11(7-9-12)10-18-13-4-2-1-3-5-13/h1-9H,10H2. The van der Waals surface area contributed by atoms with E-state index in [1.807, 2.05) is 18.2 Å². The van der Waals surface area contributed by atoms with Crippen molar-refractivity contribution < 1.29 is 17.9 Å². The van der Waals surface area contributed by atoms with Crippen LogP contribution in [0.25, 0.3) is 0 Å². The molecule has 4 heteroatoms. The zero-order valence-electron chi connectivity index (χ0n) is 9.45. The molecule has 0 saturated carbocycles. The first-order valence-corrected chi connectivity index (χ1v) is 5.40. The molecule has 0 saturated heterocycles. The van der Waals surface area contributed by atoms with Crippen molar-refractivity contribution in [2.75, 3.05) is 0 Å². The van der Waals surface area contributed by atoms with Crippen LogP contribution in [0.1, 0.15) is 11.1 Å². The average molecular weight is 252 g/mol. The SMILES string of the molecule is FC(F)(F)c1ccc(COc2ccccc2)cc1. The molecule has 0 aliphatic carbocycles. The summed E-state index contributed by atoms with van der Waals surface area (Å²) < 4.78 is 42.5. The van der Waals surface area contributed by atoms with Gasteiger partial charge in [0.15, 0.2) is 0 Å². The van der Waals surface area contributed by atoms with E-state index in [2.05, 4.69) is 0 Å². The zero-order valence-corrected chi connectivity index (χ0v) is 9.45. The van der Waals surface area contributed by atoms with Gasteiger partial charge in [-0.3, -0.25) is 0 Å². The Labute approximate surface area is 103 Å². The lowest BCUT2D eigenvalue weighted by molar-refractivity contribution is -0.137. The highest BCUT2D eigenvalue weighted by Gasteiger charge is 2.29. The molecule has 2 aromatic carbocycles. The topological polar surface area (TPSA) is 9.23 Å². The van der Waals surface area contributed by atoms with Gasteiger partial charge in [0.2, 0.25) is 0 Å². The third-order valence-corrected chi connectivity index (χ3v) is 2.43. The predicted octanol–water partition coefficient (Wildman–Crippen LogP) is 4.28. The number of rotatable bonds is 3. The van der Waals surface area contributed by atoms with Crippen LogP contribution in [0.5, 0.6) is 5.75 Å². The fourth-order valence-electron chi connectivity index (χ4n) is 1.47. The molecule has 94 valence electrons. The van der Waals surface area contributed by atoms with Crippen LogP contribution in [-0.4, -0.2) is 0 Å². The van der Waals surface area contributed by atoms with E-state index in [-0.39, 0.29) is 6.61 Å². The van der Waals surface area contributed by atoms with Crippen molar-refractivity contribution in [3.8, 4) is 5.75 Å². The lowest BCUT2D eigenvalue weighted by atomic mass is 10.1. The Morgan fingerprint density at radius 1 is 0.833 bits per heavy atom. The fraction of sp³-hybridized carbons (Fsp3) is 0.143. The van der Waals surface area contributed by atoms with Crippen LogP contribution >= 0.6 is 0 Å². The van der Waals surface area contributed by atoms with Gasteiger partial charge < -0.3 is 4.74 Å². The van der Waals surface area contributed by atoms with Crippen LogP contribution in [0.3, 0.4) is 0 Å². The summed E-state index contributed by atoms with van der Waals surface area (Å²) in [6.07, 6.45) is -4.29. The molecular formula is C14H11F3O. The van der Waals surface area contributed by atoms with Gasteiger partial charge in [-0.1, -0.05) is 30.3 Å². The van der Waals surface area contributed by atoms with Gasteiger partial charge in [-0.05, 0) is 29.8 Å². The summed E-state index contributed by atoms with van der Waals surface area (Å²) >= 11 is 0. The van der Waals surface area contributed by atoms with Crippen LogP contribution in [0.15, 0.2) is 54.6 Å². The van der Waals surface area contributed by atoms with E-state index >= 15 is 0 Å². The summed E-state index contributed by atoms with van der Waals surface area (Å²) in [6.45, 7) is 0.252. The van der Waals surface area contributed by atoms with Crippen molar-refractivity contribution in [1.82, 2.24) is 0 Å². The normalized spacial score (nSPS) is 11.3. The van der Waals surface area contributed by atoms with E-state index in [1.54, 1.807) is 12.1 Å². The quantitative estimate of drug-likeness (QED) is 0.792. The van der Waals surface area contributed by atoms with Gasteiger partial charge in [0, 0.05) is 0 Å². The highest BCUT2D eigenvalue weighted by molar-refractivity contribution is 5.25. The van der Waals surface area contributed by atoms with Gasteiger partial charge in [-0.15, -0.1) is 0 Å². The lowest BCUT2D eigenvalue weighted by Gasteiger charge is -2.08. The smallest absolute Gasteiger partial charge is 0.416 e. The van der Waals surface area contributed by atoms with Crippen LogP contribution < -0.4 is 4.74 Å². The van der Waals surface area contributed by atoms with E-state index in [4.69, 9.17) is 4.74 Å². The molecule has 2 rings (SSSR count). The summed E-state index contributed by atoms with van der Waals surface area (Å²) in [5.74, 6) is 0.692. The molecule has 18 heavy (non-hydrogen) atoms. The van der Waals surface area contributed by atoms with Crippen molar-refractivity contribution in [3.63, 3.8) is 0 Å². The van der Waals surface area contributed by atoms with Crippen LogP contribution in [0.2, 0.25) is 0 Å². The fourth-order valence-corrected chi connectivity index (χ4v) is 1.47. The Hall–Kier alpha value is -1.97. The lowest BCUT2D eigenvalue weighted by Crippen LogP contribution is -2.05. The monoisotopic (exact) mass is 252 g/mol. The second-order valence-corrected chi connectivity index (χ2v) is 3.80. The molecule has 0 unspecified atom stereocenters. The van der Waals surface area contributed by atoms with E-state index in [9.17, 15) is 13.2 Å². The molecule has 0 aliphatic heterocycles. The minimum atomic E-state index is -4.29. The molecule has 0 fully saturated rings. The van der Waals surface area contributed by atoms with E-state index in [0.29, 0.717) is 11.3 Å². The van der Waals surface area contributed by atoms with Gasteiger partial charge in [0.1, 0.15) is 12.4 Å². The summed E-state index contributed by atoms with van der Waals surface area (Å²) in [6, 6.07) is 14.1. The number of hydrogen-bond donors (Lipinski definition) is 0. The Morgan fingerprint density at radius 3 is 2.00 bits per heavy atom. The maximum Gasteiger partial charge on any atom is 0.416 e. The summed E-state index contributed by atoms with van der Waals surface area (Å²) in [5.41, 5.74) is 0.0535. The number of para-hydroxylation sites is 1. The third-order valence-electron chi connectivity index (χ3n) is 2.43. The van der Waals surface area contributed by atoms with E-state index in [1.165, 1.54) is 12.1 Å². The second kappa shape index (κ2) is 5.12. The van der Waals surface area contributed by atoms with E-state index in [0.717, 1.165) is 12.1 Å². The van der Waals surface area contributed by atoms with Crippen LogP contribution in [0.4, 0.5) is 13.2 Å². The molecule has 0 amide bonds. The van der Waals surface area contributed by atoms with Crippen LogP contribution in [-0.2, 0) is 12.8 Å². The number of halogens is 3. The minimum absolute atomic E-state index is 0.252. The molecule has 2 aromatic rings. The maximum atomic E-state index is 12.3. The third kappa shape index (κ3) is 3.26. The minimum Gasteiger partial charge on any atom is -0.489 e. The van der Waals surface area contributed by atoms with Gasteiger partial charge >= 0.3 is 6.18 Å². The first-order chi connectivity index (χ1) is 8.55. The molecule has 0 atom stereocenters.